The van der Waals surface area contributed by atoms with E-state index in [0.717, 1.165) is 52.4 Å². The molecule has 0 fully saturated rings. The van der Waals surface area contributed by atoms with E-state index in [1.807, 2.05) is 26.0 Å². The van der Waals surface area contributed by atoms with Crippen molar-refractivity contribution in [3.8, 4) is 11.4 Å². The molecule has 1 aromatic carbocycles. The summed E-state index contributed by atoms with van der Waals surface area (Å²) in [6.45, 7) is 7.27. The van der Waals surface area contributed by atoms with E-state index in [4.69, 9.17) is 15.5 Å². The van der Waals surface area contributed by atoms with Crippen LogP contribution in [0.15, 0.2) is 23.0 Å². The lowest BCUT2D eigenvalue weighted by molar-refractivity contribution is -0.172. The van der Waals surface area contributed by atoms with Crippen molar-refractivity contribution in [2.24, 2.45) is 11.7 Å². The summed E-state index contributed by atoms with van der Waals surface area (Å²) < 4.78 is 6.85. The van der Waals surface area contributed by atoms with Crippen LogP contribution in [0.4, 0.5) is 0 Å². The van der Waals surface area contributed by atoms with Crippen LogP contribution >= 0.6 is 0 Å². The number of ether oxygens (including phenoxy) is 1. The molecule has 1 unspecified atom stereocenters. The fourth-order valence-corrected chi connectivity index (χ4v) is 6.59. The molecule has 10 heteroatoms. The topological polar surface area (TPSA) is 154 Å². The quantitative estimate of drug-likeness (QED) is 0.285. The van der Waals surface area contributed by atoms with Crippen LogP contribution in [0, 0.1) is 5.92 Å². The van der Waals surface area contributed by atoms with Gasteiger partial charge in [-0.25, -0.2) is 9.78 Å². The number of ketones is 1. The molecule has 1 aliphatic carbocycles. The number of pyridine rings is 2. The highest BCUT2D eigenvalue weighted by Gasteiger charge is 2.45. The predicted molar refractivity (Wildman–Crippen MR) is 156 cm³/mol. The third-order valence-corrected chi connectivity index (χ3v) is 9.25. The smallest absolute Gasteiger partial charge is 0.343 e. The Labute approximate surface area is 243 Å². The number of hydrogen-bond donors (Lipinski definition) is 3. The number of aliphatic hydroxyl groups is 1. The van der Waals surface area contributed by atoms with Gasteiger partial charge >= 0.3 is 5.97 Å². The summed E-state index contributed by atoms with van der Waals surface area (Å²) in [5, 5.41) is 14.9. The Balaban J connectivity index is 1.39. The van der Waals surface area contributed by atoms with Crippen LogP contribution in [0.1, 0.15) is 73.9 Å². The third kappa shape index (κ3) is 4.19. The van der Waals surface area contributed by atoms with Crippen LogP contribution in [-0.2, 0) is 57.1 Å². The van der Waals surface area contributed by atoms with Gasteiger partial charge in [-0.1, -0.05) is 26.8 Å². The Morgan fingerprint density at radius 3 is 2.60 bits per heavy atom. The summed E-state index contributed by atoms with van der Waals surface area (Å²) in [7, 11) is 0. The molecule has 42 heavy (non-hydrogen) atoms. The summed E-state index contributed by atoms with van der Waals surface area (Å²) >= 11 is 0. The Bertz CT molecular complexity index is 1740. The van der Waals surface area contributed by atoms with Gasteiger partial charge in [-0.3, -0.25) is 14.4 Å². The van der Waals surface area contributed by atoms with Crippen molar-refractivity contribution < 1.29 is 24.2 Å². The molecule has 220 valence electrons. The maximum absolute atomic E-state index is 13.6. The number of Topliss-reactive ketones (excluding diaryl/α,β-unsaturated/α-hetero) is 1. The van der Waals surface area contributed by atoms with Gasteiger partial charge < -0.3 is 25.5 Å². The van der Waals surface area contributed by atoms with Crippen molar-refractivity contribution in [3.63, 3.8) is 0 Å². The van der Waals surface area contributed by atoms with Crippen LogP contribution in [0.5, 0.6) is 0 Å². The minimum atomic E-state index is -1.87. The molecule has 2 aliphatic heterocycles. The highest BCUT2D eigenvalue weighted by Crippen LogP contribution is 2.43. The Morgan fingerprint density at radius 2 is 1.88 bits per heavy atom. The molecule has 3 aliphatic rings. The van der Waals surface area contributed by atoms with E-state index in [1.165, 1.54) is 0 Å². The van der Waals surface area contributed by atoms with Crippen molar-refractivity contribution in [1.29, 1.82) is 0 Å². The second-order valence-corrected chi connectivity index (χ2v) is 12.1. The molecule has 6 rings (SSSR count). The van der Waals surface area contributed by atoms with E-state index >= 15 is 0 Å². The Kier molecular flexibility index (Phi) is 6.81. The van der Waals surface area contributed by atoms with Crippen LogP contribution in [-0.4, -0.2) is 44.4 Å². The lowest BCUT2D eigenvalue weighted by atomic mass is 9.83. The number of nitrogens with two attached hydrogens (primary N) is 1. The molecule has 0 saturated heterocycles. The molecule has 0 bridgehead atoms. The first-order valence-electron chi connectivity index (χ1n) is 14.7. The molecular formula is C32H36N4O6. The summed E-state index contributed by atoms with van der Waals surface area (Å²) in [4.78, 5) is 56.7. The van der Waals surface area contributed by atoms with Crippen molar-refractivity contribution in [3.05, 3.63) is 61.9 Å². The first kappa shape index (κ1) is 28.2. The SMILES string of the molecule is CC[C@@]1(O)C(=O)OCc2c1cc1n(c2=O)Cc2c-1nc1ccc(CC(=O)[C@H](C)NC(=O)C(N)C(C)C)c3c1c2CCC3. The molecule has 4 heterocycles. The minimum absolute atomic E-state index is 0.0361. The summed E-state index contributed by atoms with van der Waals surface area (Å²) in [6.07, 6.45) is 2.77. The zero-order valence-corrected chi connectivity index (χ0v) is 24.4. The van der Waals surface area contributed by atoms with Gasteiger partial charge in [0.25, 0.3) is 5.56 Å². The van der Waals surface area contributed by atoms with Gasteiger partial charge in [-0.15, -0.1) is 0 Å². The summed E-state index contributed by atoms with van der Waals surface area (Å²) in [5.41, 5.74) is 10.5. The molecule has 4 N–H and O–H groups in total. The number of hydrogen-bond acceptors (Lipinski definition) is 8. The number of carbonyl (C=O) groups is 3. The van der Waals surface area contributed by atoms with Gasteiger partial charge in [0.1, 0.15) is 6.61 Å². The first-order valence-corrected chi connectivity index (χ1v) is 14.7. The highest BCUT2D eigenvalue weighted by molar-refractivity contribution is 5.95. The van der Waals surface area contributed by atoms with E-state index in [2.05, 4.69) is 5.32 Å². The van der Waals surface area contributed by atoms with Crippen molar-refractivity contribution in [2.75, 3.05) is 0 Å². The molecule has 3 aromatic rings. The fraction of sp³-hybridized carbons (Fsp3) is 0.469. The van der Waals surface area contributed by atoms with Gasteiger partial charge in [-0.05, 0) is 67.3 Å². The van der Waals surface area contributed by atoms with Gasteiger partial charge in [0.15, 0.2) is 11.4 Å². The number of esters is 1. The largest absolute Gasteiger partial charge is 0.458 e. The first-order chi connectivity index (χ1) is 20.0. The zero-order chi connectivity index (χ0) is 30.1. The molecule has 3 atom stereocenters. The molecule has 0 saturated carbocycles. The molecule has 1 amide bonds. The highest BCUT2D eigenvalue weighted by atomic mass is 16.6. The van der Waals surface area contributed by atoms with E-state index in [-0.39, 0.29) is 42.6 Å². The summed E-state index contributed by atoms with van der Waals surface area (Å²) in [5.74, 6) is -1.21. The zero-order valence-electron chi connectivity index (χ0n) is 24.4. The van der Waals surface area contributed by atoms with E-state index in [1.54, 1.807) is 24.5 Å². The van der Waals surface area contributed by atoms with Gasteiger partial charge in [-0.2, -0.15) is 0 Å². The standard InChI is InChI=1S/C32H36N4O6/c1-5-32(41)22-12-24-28-20(13-36(24)30(39)21(22)14-42-31(32)40)19-8-6-7-18-17(9-10-23(35-28)26(18)19)11-25(37)16(4)34-29(38)27(33)15(2)3/h9-10,12,15-16,27,41H,5-8,11,13-14,33H2,1-4H3,(H,34,38)/t16-,27?,32-/m0/s1. The number of cyclic esters (lactones) is 1. The fourth-order valence-electron chi connectivity index (χ4n) is 6.59. The molecule has 2 aromatic heterocycles. The number of aromatic nitrogens is 2. The van der Waals surface area contributed by atoms with Gasteiger partial charge in [0, 0.05) is 22.9 Å². The molecular weight excluding hydrogens is 536 g/mol. The number of nitrogens with one attached hydrogen (secondary N) is 1. The Morgan fingerprint density at radius 1 is 1.14 bits per heavy atom. The normalized spacial score (nSPS) is 20.0. The second-order valence-electron chi connectivity index (χ2n) is 12.1. The van der Waals surface area contributed by atoms with E-state index < -0.39 is 23.7 Å². The molecule has 0 radical (unpaired) electrons. The van der Waals surface area contributed by atoms with Crippen molar-refractivity contribution >= 4 is 28.6 Å². The maximum Gasteiger partial charge on any atom is 0.343 e. The number of aryl methyl sites for hydroxylation is 2. The number of nitrogens with zero attached hydrogens (tertiary/aromatic N) is 2. The van der Waals surface area contributed by atoms with Crippen LogP contribution in [0.2, 0.25) is 0 Å². The molecule has 0 spiro atoms. The number of rotatable bonds is 7. The van der Waals surface area contributed by atoms with Gasteiger partial charge in [0.05, 0.1) is 41.1 Å². The third-order valence-electron chi connectivity index (χ3n) is 9.25. The lowest BCUT2D eigenvalue weighted by Crippen LogP contribution is -2.49. The van der Waals surface area contributed by atoms with E-state index in [0.29, 0.717) is 29.1 Å². The summed E-state index contributed by atoms with van der Waals surface area (Å²) in [6, 6.07) is 4.22. The van der Waals surface area contributed by atoms with Gasteiger partial charge in [0.2, 0.25) is 5.91 Å². The average molecular weight is 573 g/mol. The van der Waals surface area contributed by atoms with Crippen molar-refractivity contribution in [2.45, 2.75) is 90.6 Å². The number of fused-ring (bicyclic) bond motifs is 5. The second kappa shape index (κ2) is 10.1. The van der Waals surface area contributed by atoms with Crippen LogP contribution in [0.25, 0.3) is 22.3 Å². The van der Waals surface area contributed by atoms with Crippen molar-refractivity contribution in [1.82, 2.24) is 14.9 Å². The molecule has 10 nitrogen and oxygen atoms in total. The predicted octanol–water partition coefficient (Wildman–Crippen LogP) is 2.17. The minimum Gasteiger partial charge on any atom is -0.458 e. The van der Waals surface area contributed by atoms with Crippen LogP contribution < -0.4 is 16.6 Å². The monoisotopic (exact) mass is 572 g/mol. The average Bonchev–Trinajstić information content (AvgIpc) is 3.35. The Hall–Kier alpha value is -3.89. The van der Waals surface area contributed by atoms with Crippen LogP contribution in [0.3, 0.4) is 0 Å². The number of benzene rings is 1. The number of amides is 1. The lowest BCUT2D eigenvalue weighted by Gasteiger charge is -2.31. The maximum atomic E-state index is 13.6. The number of carbonyl (C=O) groups excluding carboxylic acids is 3. The van der Waals surface area contributed by atoms with E-state index in [9.17, 15) is 24.3 Å².